The standard InChI is InChI=1S/C16H15FN6O/c17-12-4-6-13(7-5-12)20-16(24)19-9-10-23-11-15(21-22-23)14-3-1-2-8-18-14/h1-8,11H,9-10H2,(H2,19,20,24). The number of carbonyl (C=O) groups is 1. The molecule has 3 rings (SSSR count). The molecule has 0 fully saturated rings. The van der Waals surface area contributed by atoms with Crippen LogP contribution in [0.4, 0.5) is 14.9 Å². The van der Waals surface area contributed by atoms with Crippen LogP contribution in [0.2, 0.25) is 0 Å². The molecule has 3 aromatic rings. The van der Waals surface area contributed by atoms with E-state index >= 15 is 0 Å². The molecular formula is C16H15FN6O. The predicted octanol–water partition coefficient (Wildman–Crippen LogP) is 2.30. The summed E-state index contributed by atoms with van der Waals surface area (Å²) in [5.74, 6) is -0.351. The van der Waals surface area contributed by atoms with Gasteiger partial charge in [-0.2, -0.15) is 0 Å². The Morgan fingerprint density at radius 2 is 1.96 bits per heavy atom. The van der Waals surface area contributed by atoms with Gasteiger partial charge in [0.25, 0.3) is 0 Å². The van der Waals surface area contributed by atoms with E-state index in [1.807, 2.05) is 18.2 Å². The van der Waals surface area contributed by atoms with Crippen LogP contribution in [0.1, 0.15) is 0 Å². The van der Waals surface area contributed by atoms with E-state index in [2.05, 4.69) is 25.9 Å². The van der Waals surface area contributed by atoms with Crippen molar-refractivity contribution < 1.29 is 9.18 Å². The Kier molecular flexibility index (Phi) is 4.76. The molecule has 2 aromatic heterocycles. The first kappa shape index (κ1) is 15.6. The van der Waals surface area contributed by atoms with E-state index in [0.717, 1.165) is 5.69 Å². The Balaban J connectivity index is 1.47. The Morgan fingerprint density at radius 1 is 1.12 bits per heavy atom. The number of anilines is 1. The molecule has 0 aliphatic carbocycles. The van der Waals surface area contributed by atoms with E-state index in [0.29, 0.717) is 24.5 Å². The molecule has 2 heterocycles. The number of hydrogen-bond acceptors (Lipinski definition) is 4. The zero-order chi connectivity index (χ0) is 16.8. The van der Waals surface area contributed by atoms with Crippen molar-refractivity contribution >= 4 is 11.7 Å². The van der Waals surface area contributed by atoms with E-state index in [-0.39, 0.29) is 11.8 Å². The Hall–Kier alpha value is -3.29. The number of benzene rings is 1. The van der Waals surface area contributed by atoms with Gasteiger partial charge in [-0.25, -0.2) is 9.18 Å². The fourth-order valence-corrected chi connectivity index (χ4v) is 2.03. The summed E-state index contributed by atoms with van der Waals surface area (Å²) in [5.41, 5.74) is 1.93. The molecular weight excluding hydrogens is 311 g/mol. The highest BCUT2D eigenvalue weighted by atomic mass is 19.1. The SMILES string of the molecule is O=C(NCCn1cc(-c2ccccn2)nn1)Nc1ccc(F)cc1. The average molecular weight is 326 g/mol. The quantitative estimate of drug-likeness (QED) is 0.753. The van der Waals surface area contributed by atoms with E-state index in [4.69, 9.17) is 0 Å². The second kappa shape index (κ2) is 7.32. The van der Waals surface area contributed by atoms with E-state index < -0.39 is 0 Å². The summed E-state index contributed by atoms with van der Waals surface area (Å²) in [5, 5.41) is 13.4. The Labute approximate surface area is 137 Å². The van der Waals surface area contributed by atoms with Crippen LogP contribution in [-0.4, -0.2) is 32.6 Å². The van der Waals surface area contributed by atoms with Crippen LogP contribution in [0.3, 0.4) is 0 Å². The Morgan fingerprint density at radius 3 is 2.71 bits per heavy atom. The minimum atomic E-state index is -0.369. The second-order valence-corrected chi connectivity index (χ2v) is 4.97. The normalized spacial score (nSPS) is 10.4. The molecule has 2 amide bonds. The summed E-state index contributed by atoms with van der Waals surface area (Å²) in [4.78, 5) is 15.9. The highest BCUT2D eigenvalue weighted by molar-refractivity contribution is 5.89. The number of pyridine rings is 1. The van der Waals surface area contributed by atoms with Crippen LogP contribution in [0, 0.1) is 5.82 Å². The molecule has 1 aromatic carbocycles. The van der Waals surface area contributed by atoms with Crippen molar-refractivity contribution in [2.75, 3.05) is 11.9 Å². The van der Waals surface area contributed by atoms with Crippen molar-refractivity contribution in [2.45, 2.75) is 6.54 Å². The maximum atomic E-state index is 12.8. The molecule has 7 nitrogen and oxygen atoms in total. The predicted molar refractivity (Wildman–Crippen MR) is 86.7 cm³/mol. The maximum Gasteiger partial charge on any atom is 0.319 e. The average Bonchev–Trinajstić information content (AvgIpc) is 3.07. The fourth-order valence-electron chi connectivity index (χ4n) is 2.03. The first-order chi connectivity index (χ1) is 11.7. The highest BCUT2D eigenvalue weighted by Crippen LogP contribution is 2.11. The molecule has 0 unspecified atom stereocenters. The number of aromatic nitrogens is 4. The van der Waals surface area contributed by atoms with Gasteiger partial charge in [0.15, 0.2) is 0 Å². The number of nitrogens with one attached hydrogen (secondary N) is 2. The molecule has 8 heteroatoms. The van der Waals surface area contributed by atoms with Gasteiger partial charge in [0.1, 0.15) is 11.5 Å². The Bertz CT molecular complexity index is 803. The third kappa shape index (κ3) is 4.13. The molecule has 2 N–H and O–H groups in total. The number of nitrogens with zero attached hydrogens (tertiary/aromatic N) is 4. The van der Waals surface area contributed by atoms with Crippen LogP contribution < -0.4 is 10.6 Å². The van der Waals surface area contributed by atoms with Crippen LogP contribution in [0.15, 0.2) is 54.9 Å². The molecule has 0 saturated heterocycles. The molecule has 0 saturated carbocycles. The van der Waals surface area contributed by atoms with Crippen LogP contribution in [0.5, 0.6) is 0 Å². The first-order valence-electron chi connectivity index (χ1n) is 7.33. The maximum absolute atomic E-state index is 12.8. The van der Waals surface area contributed by atoms with Crippen molar-refractivity contribution in [1.82, 2.24) is 25.3 Å². The smallest absolute Gasteiger partial charge is 0.319 e. The second-order valence-electron chi connectivity index (χ2n) is 4.97. The van der Waals surface area contributed by atoms with Gasteiger partial charge >= 0.3 is 6.03 Å². The number of rotatable bonds is 5. The lowest BCUT2D eigenvalue weighted by atomic mass is 10.3. The summed E-state index contributed by atoms with van der Waals surface area (Å²) in [7, 11) is 0. The first-order valence-corrected chi connectivity index (χ1v) is 7.33. The molecule has 0 bridgehead atoms. The lowest BCUT2D eigenvalue weighted by Gasteiger charge is -2.07. The third-order valence-electron chi connectivity index (χ3n) is 3.19. The monoisotopic (exact) mass is 326 g/mol. The number of carbonyl (C=O) groups excluding carboxylic acids is 1. The molecule has 24 heavy (non-hydrogen) atoms. The van der Waals surface area contributed by atoms with Gasteiger partial charge in [-0.05, 0) is 36.4 Å². The molecule has 122 valence electrons. The van der Waals surface area contributed by atoms with Gasteiger partial charge in [-0.3, -0.25) is 9.67 Å². The summed E-state index contributed by atoms with van der Waals surface area (Å²) >= 11 is 0. The summed E-state index contributed by atoms with van der Waals surface area (Å²) in [6.07, 6.45) is 3.46. The van der Waals surface area contributed by atoms with Crippen LogP contribution >= 0.6 is 0 Å². The molecule has 0 atom stereocenters. The van der Waals surface area contributed by atoms with Gasteiger partial charge in [-0.15, -0.1) is 5.10 Å². The van der Waals surface area contributed by atoms with E-state index in [1.54, 1.807) is 17.1 Å². The van der Waals surface area contributed by atoms with Gasteiger partial charge in [0.2, 0.25) is 0 Å². The van der Waals surface area contributed by atoms with Crippen molar-refractivity contribution in [3.8, 4) is 11.4 Å². The molecule has 0 radical (unpaired) electrons. The fraction of sp³-hybridized carbons (Fsp3) is 0.125. The van der Waals surface area contributed by atoms with Crippen molar-refractivity contribution in [3.63, 3.8) is 0 Å². The highest BCUT2D eigenvalue weighted by Gasteiger charge is 2.05. The van der Waals surface area contributed by atoms with E-state index in [9.17, 15) is 9.18 Å². The third-order valence-corrected chi connectivity index (χ3v) is 3.19. The number of amides is 2. The van der Waals surface area contributed by atoms with Crippen molar-refractivity contribution in [3.05, 3.63) is 60.7 Å². The van der Waals surface area contributed by atoms with Gasteiger partial charge in [-0.1, -0.05) is 11.3 Å². The van der Waals surface area contributed by atoms with Gasteiger partial charge in [0.05, 0.1) is 18.4 Å². The number of hydrogen-bond donors (Lipinski definition) is 2. The zero-order valence-corrected chi connectivity index (χ0v) is 12.7. The topological polar surface area (TPSA) is 84.7 Å². The largest absolute Gasteiger partial charge is 0.336 e. The summed E-state index contributed by atoms with van der Waals surface area (Å²) in [6, 6.07) is 10.7. The van der Waals surface area contributed by atoms with Crippen molar-refractivity contribution in [1.29, 1.82) is 0 Å². The van der Waals surface area contributed by atoms with E-state index in [1.165, 1.54) is 24.3 Å². The minimum Gasteiger partial charge on any atom is -0.336 e. The van der Waals surface area contributed by atoms with Crippen molar-refractivity contribution in [2.24, 2.45) is 0 Å². The molecule has 0 spiro atoms. The lowest BCUT2D eigenvalue weighted by Crippen LogP contribution is -2.31. The molecule has 0 aliphatic rings. The summed E-state index contributed by atoms with van der Waals surface area (Å²) in [6.45, 7) is 0.842. The van der Waals surface area contributed by atoms with Gasteiger partial charge in [0, 0.05) is 18.4 Å². The van der Waals surface area contributed by atoms with Gasteiger partial charge < -0.3 is 10.6 Å². The minimum absolute atomic E-state index is 0.351. The van der Waals surface area contributed by atoms with Crippen LogP contribution in [-0.2, 0) is 6.54 Å². The lowest BCUT2D eigenvalue weighted by molar-refractivity contribution is 0.251. The summed E-state index contributed by atoms with van der Waals surface area (Å²) < 4.78 is 14.4. The van der Waals surface area contributed by atoms with Crippen LogP contribution in [0.25, 0.3) is 11.4 Å². The number of halogens is 1. The number of urea groups is 1. The zero-order valence-electron chi connectivity index (χ0n) is 12.7. The molecule has 0 aliphatic heterocycles.